The monoisotopic (exact) mass is 421 g/mol. The van der Waals surface area contributed by atoms with Crippen LogP contribution in [0.25, 0.3) is 6.08 Å². The standard InChI is InChI=1S/C17H15N3O6S2/c1-25-10-5-9(6-11(26-2)14(10)22)7-12-15(23)20(17(24)28-12)8-13(21)19-16-18-3-4-27-16/h3-7,22H,8H2,1-2H3,(H,18,19,21)/b12-7-. The van der Waals surface area contributed by atoms with E-state index < -0.39 is 23.6 Å². The number of aromatic hydroxyl groups is 1. The quantitative estimate of drug-likeness (QED) is 0.683. The Kier molecular flexibility index (Phi) is 5.85. The number of methoxy groups -OCH3 is 2. The number of amides is 3. The second kappa shape index (κ2) is 8.31. The zero-order chi connectivity index (χ0) is 20.3. The number of benzene rings is 1. The number of rotatable bonds is 6. The molecule has 2 N–H and O–H groups in total. The number of imide groups is 1. The summed E-state index contributed by atoms with van der Waals surface area (Å²) in [5.74, 6) is -0.962. The summed E-state index contributed by atoms with van der Waals surface area (Å²) in [6.07, 6.45) is 3.00. The van der Waals surface area contributed by atoms with Crippen LogP contribution in [0.2, 0.25) is 0 Å². The van der Waals surface area contributed by atoms with E-state index >= 15 is 0 Å². The van der Waals surface area contributed by atoms with Gasteiger partial charge in [0, 0.05) is 11.6 Å². The molecule has 1 fully saturated rings. The zero-order valence-corrected chi connectivity index (χ0v) is 16.4. The molecule has 3 amide bonds. The molecule has 9 nitrogen and oxygen atoms in total. The Balaban J connectivity index is 1.78. The highest BCUT2D eigenvalue weighted by atomic mass is 32.2. The van der Waals surface area contributed by atoms with E-state index in [1.165, 1.54) is 50.0 Å². The highest BCUT2D eigenvalue weighted by molar-refractivity contribution is 8.18. The fourth-order valence-corrected chi connectivity index (χ4v) is 3.76. The van der Waals surface area contributed by atoms with Crippen LogP contribution < -0.4 is 14.8 Å². The Morgan fingerprint density at radius 2 is 1.96 bits per heavy atom. The molecule has 146 valence electrons. The highest BCUT2D eigenvalue weighted by Crippen LogP contribution is 2.39. The van der Waals surface area contributed by atoms with Crippen molar-refractivity contribution in [1.82, 2.24) is 9.88 Å². The first kappa shape index (κ1) is 19.7. The molecule has 1 aromatic heterocycles. The van der Waals surface area contributed by atoms with Crippen molar-refractivity contribution >= 4 is 51.4 Å². The van der Waals surface area contributed by atoms with Gasteiger partial charge < -0.3 is 19.9 Å². The van der Waals surface area contributed by atoms with E-state index in [0.717, 1.165) is 16.7 Å². The number of thiazole rings is 1. The number of aromatic nitrogens is 1. The van der Waals surface area contributed by atoms with E-state index in [1.54, 1.807) is 5.38 Å². The fourth-order valence-electron chi connectivity index (χ4n) is 2.37. The molecule has 11 heteroatoms. The number of thioether (sulfide) groups is 1. The van der Waals surface area contributed by atoms with E-state index in [2.05, 4.69) is 10.3 Å². The van der Waals surface area contributed by atoms with Gasteiger partial charge in [-0.15, -0.1) is 11.3 Å². The lowest BCUT2D eigenvalue weighted by atomic mass is 10.1. The summed E-state index contributed by atoms with van der Waals surface area (Å²) >= 11 is 1.95. The molecule has 0 radical (unpaired) electrons. The summed E-state index contributed by atoms with van der Waals surface area (Å²) in [4.78, 5) is 41.7. The number of carbonyl (C=O) groups is 3. The average Bonchev–Trinajstić information content (AvgIpc) is 3.26. The van der Waals surface area contributed by atoms with Crippen LogP contribution in [0.1, 0.15) is 5.56 Å². The third-order valence-corrected chi connectivity index (χ3v) is 5.25. The molecular weight excluding hydrogens is 406 g/mol. The first-order valence-corrected chi connectivity index (χ1v) is 9.52. The van der Waals surface area contributed by atoms with Crippen molar-refractivity contribution < 1.29 is 29.0 Å². The molecule has 1 aromatic carbocycles. The molecule has 0 atom stereocenters. The fraction of sp³-hybridized carbons (Fsp3) is 0.176. The van der Waals surface area contributed by atoms with Gasteiger partial charge in [-0.25, -0.2) is 4.98 Å². The minimum absolute atomic E-state index is 0.141. The number of hydrogen-bond acceptors (Lipinski definition) is 9. The molecule has 0 unspecified atom stereocenters. The van der Waals surface area contributed by atoms with Crippen LogP contribution in [0.3, 0.4) is 0 Å². The van der Waals surface area contributed by atoms with Gasteiger partial charge in [0.05, 0.1) is 19.1 Å². The molecular formula is C17H15N3O6S2. The maximum absolute atomic E-state index is 12.5. The van der Waals surface area contributed by atoms with E-state index in [1.807, 2.05) is 0 Å². The Morgan fingerprint density at radius 3 is 2.54 bits per heavy atom. The first-order chi connectivity index (χ1) is 13.4. The van der Waals surface area contributed by atoms with E-state index in [4.69, 9.17) is 9.47 Å². The molecule has 0 bridgehead atoms. The lowest BCUT2D eigenvalue weighted by Crippen LogP contribution is -2.36. The second-order valence-corrected chi connectivity index (χ2v) is 7.32. The third kappa shape index (κ3) is 4.10. The van der Waals surface area contributed by atoms with Crippen molar-refractivity contribution in [3.05, 3.63) is 34.2 Å². The van der Waals surface area contributed by atoms with Crippen LogP contribution in [0.4, 0.5) is 9.93 Å². The number of phenolic OH excluding ortho intramolecular Hbond substituents is 1. The molecule has 0 aliphatic carbocycles. The Bertz CT molecular complexity index is 933. The van der Waals surface area contributed by atoms with Crippen LogP contribution in [-0.4, -0.2) is 52.8 Å². The van der Waals surface area contributed by atoms with E-state index in [0.29, 0.717) is 10.7 Å². The van der Waals surface area contributed by atoms with Gasteiger partial charge in [-0.1, -0.05) is 0 Å². The van der Waals surface area contributed by atoms with Gasteiger partial charge in [0.1, 0.15) is 6.54 Å². The van der Waals surface area contributed by atoms with Gasteiger partial charge >= 0.3 is 0 Å². The smallest absolute Gasteiger partial charge is 0.294 e. The van der Waals surface area contributed by atoms with Crippen LogP contribution in [0.15, 0.2) is 28.6 Å². The molecule has 1 aliphatic rings. The highest BCUT2D eigenvalue weighted by Gasteiger charge is 2.36. The third-order valence-electron chi connectivity index (χ3n) is 3.65. The summed E-state index contributed by atoms with van der Waals surface area (Å²) in [6.45, 7) is -0.413. The summed E-state index contributed by atoms with van der Waals surface area (Å²) in [5.41, 5.74) is 0.490. The average molecular weight is 421 g/mol. The maximum atomic E-state index is 12.5. The predicted molar refractivity (Wildman–Crippen MR) is 105 cm³/mol. The Morgan fingerprint density at radius 1 is 1.29 bits per heavy atom. The minimum atomic E-state index is -0.588. The number of carbonyl (C=O) groups excluding carboxylic acids is 3. The van der Waals surface area contributed by atoms with E-state index in [-0.39, 0.29) is 22.2 Å². The van der Waals surface area contributed by atoms with Crippen molar-refractivity contribution in [2.75, 3.05) is 26.1 Å². The SMILES string of the molecule is COc1cc(/C=C2\SC(=O)N(CC(=O)Nc3nccs3)C2=O)cc(OC)c1O. The summed E-state index contributed by atoms with van der Waals surface area (Å²) in [5, 5.41) is 14.0. The largest absolute Gasteiger partial charge is 0.502 e. The van der Waals surface area contributed by atoms with Crippen LogP contribution in [0, 0.1) is 0 Å². The number of nitrogens with one attached hydrogen (secondary N) is 1. The molecule has 2 aromatic rings. The number of phenols is 1. The molecule has 28 heavy (non-hydrogen) atoms. The Labute approximate surface area is 168 Å². The Hall–Kier alpha value is -3.05. The van der Waals surface area contributed by atoms with Gasteiger partial charge in [0.2, 0.25) is 11.7 Å². The van der Waals surface area contributed by atoms with Gasteiger partial charge in [-0.05, 0) is 35.5 Å². The van der Waals surface area contributed by atoms with Crippen molar-refractivity contribution in [3.8, 4) is 17.2 Å². The first-order valence-electron chi connectivity index (χ1n) is 7.82. The molecule has 2 heterocycles. The molecule has 1 aliphatic heterocycles. The van der Waals surface area contributed by atoms with Gasteiger partial charge in [0.15, 0.2) is 16.6 Å². The van der Waals surface area contributed by atoms with E-state index in [9.17, 15) is 19.5 Å². The van der Waals surface area contributed by atoms with Crippen molar-refractivity contribution in [2.45, 2.75) is 0 Å². The molecule has 0 saturated carbocycles. The number of nitrogens with zero attached hydrogens (tertiary/aromatic N) is 2. The molecule has 0 spiro atoms. The van der Waals surface area contributed by atoms with Crippen molar-refractivity contribution in [3.63, 3.8) is 0 Å². The van der Waals surface area contributed by atoms with Gasteiger partial charge in [-0.3, -0.25) is 19.3 Å². The normalized spacial score (nSPS) is 15.2. The van der Waals surface area contributed by atoms with Crippen LogP contribution >= 0.6 is 23.1 Å². The lowest BCUT2D eigenvalue weighted by Gasteiger charge is -2.11. The summed E-state index contributed by atoms with van der Waals surface area (Å²) in [7, 11) is 2.76. The number of anilines is 1. The number of ether oxygens (including phenoxy) is 2. The second-order valence-electron chi connectivity index (χ2n) is 5.43. The maximum Gasteiger partial charge on any atom is 0.294 e. The van der Waals surface area contributed by atoms with Crippen LogP contribution in [-0.2, 0) is 9.59 Å². The van der Waals surface area contributed by atoms with Gasteiger partial charge in [-0.2, -0.15) is 0 Å². The molecule has 3 rings (SSSR count). The van der Waals surface area contributed by atoms with Crippen molar-refractivity contribution in [1.29, 1.82) is 0 Å². The topological polar surface area (TPSA) is 118 Å². The zero-order valence-electron chi connectivity index (χ0n) is 14.8. The summed E-state index contributed by atoms with van der Waals surface area (Å²) < 4.78 is 10.2. The van der Waals surface area contributed by atoms with Gasteiger partial charge in [0.25, 0.3) is 11.1 Å². The van der Waals surface area contributed by atoms with Crippen LogP contribution in [0.5, 0.6) is 17.2 Å². The summed E-state index contributed by atoms with van der Waals surface area (Å²) in [6, 6.07) is 3.00. The molecule has 1 saturated heterocycles. The predicted octanol–water partition coefficient (Wildman–Crippen LogP) is 2.54. The van der Waals surface area contributed by atoms with Crippen molar-refractivity contribution in [2.24, 2.45) is 0 Å². The lowest BCUT2D eigenvalue weighted by molar-refractivity contribution is -0.127. The minimum Gasteiger partial charge on any atom is -0.502 e. The number of hydrogen-bond donors (Lipinski definition) is 2.